The molecule has 2 rings (SSSR count). The minimum Gasteiger partial charge on any atom is -0.397 e. The standard InChI is InChI=1S/C13H18ClN5O/c1-8(2)11(7-20-3)19-13(16-17-18-19)9-5-4-6-10(14)12(9)15/h4-6,8,11H,7,15H2,1-3H3. The third-order valence-electron chi connectivity index (χ3n) is 3.21. The van der Waals surface area contributed by atoms with Crippen molar-refractivity contribution >= 4 is 17.3 Å². The Bertz CT molecular complexity index is 584. The molecule has 0 aliphatic heterocycles. The molecule has 0 radical (unpaired) electrons. The molecule has 0 aliphatic carbocycles. The summed E-state index contributed by atoms with van der Waals surface area (Å²) < 4.78 is 7.01. The highest BCUT2D eigenvalue weighted by Gasteiger charge is 2.23. The summed E-state index contributed by atoms with van der Waals surface area (Å²) in [5.41, 5.74) is 7.22. The predicted molar refractivity (Wildman–Crippen MR) is 78.4 cm³/mol. The molecule has 1 aromatic heterocycles. The predicted octanol–water partition coefficient (Wildman–Crippen LogP) is 2.42. The summed E-state index contributed by atoms with van der Waals surface area (Å²) in [6.07, 6.45) is 0. The Morgan fingerprint density at radius 3 is 2.80 bits per heavy atom. The number of benzene rings is 1. The number of para-hydroxylation sites is 1. The van der Waals surface area contributed by atoms with Gasteiger partial charge in [-0.1, -0.05) is 31.5 Å². The van der Waals surface area contributed by atoms with Crippen LogP contribution in [-0.4, -0.2) is 33.9 Å². The molecule has 2 N–H and O–H groups in total. The zero-order valence-corrected chi connectivity index (χ0v) is 12.5. The van der Waals surface area contributed by atoms with Gasteiger partial charge in [0.15, 0.2) is 5.82 Å². The lowest BCUT2D eigenvalue weighted by molar-refractivity contribution is 0.126. The molecule has 2 aromatic rings. The van der Waals surface area contributed by atoms with Crippen LogP contribution < -0.4 is 5.73 Å². The van der Waals surface area contributed by atoms with Crippen LogP contribution >= 0.6 is 11.6 Å². The number of nitrogen functional groups attached to an aromatic ring is 1. The largest absolute Gasteiger partial charge is 0.397 e. The summed E-state index contributed by atoms with van der Waals surface area (Å²) in [6, 6.07) is 5.45. The molecule has 0 amide bonds. The minimum atomic E-state index is 0.0309. The summed E-state index contributed by atoms with van der Waals surface area (Å²) in [6.45, 7) is 4.71. The first kappa shape index (κ1) is 14.7. The Morgan fingerprint density at radius 2 is 2.15 bits per heavy atom. The average molecular weight is 296 g/mol. The van der Waals surface area contributed by atoms with Gasteiger partial charge in [-0.15, -0.1) is 5.10 Å². The Hall–Kier alpha value is -1.66. The molecule has 1 aromatic carbocycles. The Morgan fingerprint density at radius 1 is 1.40 bits per heavy atom. The van der Waals surface area contributed by atoms with E-state index >= 15 is 0 Å². The van der Waals surface area contributed by atoms with Crippen molar-refractivity contribution in [3.63, 3.8) is 0 Å². The number of nitrogens with two attached hydrogens (primary N) is 1. The first-order valence-electron chi connectivity index (χ1n) is 6.37. The van der Waals surface area contributed by atoms with Crippen molar-refractivity contribution < 1.29 is 4.74 Å². The van der Waals surface area contributed by atoms with E-state index in [-0.39, 0.29) is 6.04 Å². The molecule has 0 saturated carbocycles. The Labute approximate surface area is 122 Å². The molecule has 0 fully saturated rings. The first-order chi connectivity index (χ1) is 9.56. The van der Waals surface area contributed by atoms with Crippen LogP contribution in [0.5, 0.6) is 0 Å². The number of tetrazole rings is 1. The Kier molecular flexibility index (Phi) is 4.57. The van der Waals surface area contributed by atoms with Gasteiger partial charge in [-0.2, -0.15) is 0 Å². The smallest absolute Gasteiger partial charge is 0.184 e. The monoisotopic (exact) mass is 295 g/mol. The van der Waals surface area contributed by atoms with Crippen LogP contribution in [0.1, 0.15) is 19.9 Å². The first-order valence-corrected chi connectivity index (χ1v) is 6.75. The minimum absolute atomic E-state index is 0.0309. The van der Waals surface area contributed by atoms with Gasteiger partial charge in [-0.25, -0.2) is 4.68 Å². The van der Waals surface area contributed by atoms with E-state index in [0.29, 0.717) is 29.1 Å². The number of nitrogens with zero attached hydrogens (tertiary/aromatic N) is 4. The molecular weight excluding hydrogens is 278 g/mol. The third-order valence-corrected chi connectivity index (χ3v) is 3.54. The summed E-state index contributed by atoms with van der Waals surface area (Å²) in [4.78, 5) is 0. The van der Waals surface area contributed by atoms with E-state index in [1.165, 1.54) is 0 Å². The molecule has 7 heteroatoms. The maximum absolute atomic E-state index is 6.06. The number of rotatable bonds is 5. The third kappa shape index (κ3) is 2.76. The van der Waals surface area contributed by atoms with Gasteiger partial charge in [0.05, 0.1) is 23.4 Å². The van der Waals surface area contributed by atoms with Gasteiger partial charge >= 0.3 is 0 Å². The average Bonchev–Trinajstić information content (AvgIpc) is 2.87. The highest BCUT2D eigenvalue weighted by atomic mass is 35.5. The molecule has 1 unspecified atom stereocenters. The van der Waals surface area contributed by atoms with Crippen LogP contribution in [0.4, 0.5) is 5.69 Å². The van der Waals surface area contributed by atoms with Gasteiger partial charge < -0.3 is 10.5 Å². The lowest BCUT2D eigenvalue weighted by Crippen LogP contribution is -2.22. The van der Waals surface area contributed by atoms with E-state index in [1.807, 2.05) is 12.1 Å². The summed E-state index contributed by atoms with van der Waals surface area (Å²) in [5.74, 6) is 0.915. The highest BCUT2D eigenvalue weighted by molar-refractivity contribution is 6.33. The summed E-state index contributed by atoms with van der Waals surface area (Å²) in [7, 11) is 1.66. The number of hydrogen-bond donors (Lipinski definition) is 1. The van der Waals surface area contributed by atoms with Gasteiger partial charge in [0.25, 0.3) is 0 Å². The van der Waals surface area contributed by atoms with Crippen molar-refractivity contribution in [2.24, 2.45) is 5.92 Å². The lowest BCUT2D eigenvalue weighted by Gasteiger charge is -2.21. The fourth-order valence-electron chi connectivity index (χ4n) is 2.04. The molecule has 108 valence electrons. The van der Waals surface area contributed by atoms with Gasteiger partial charge in [0, 0.05) is 12.7 Å². The second kappa shape index (κ2) is 6.19. The molecule has 0 aliphatic rings. The van der Waals surface area contributed by atoms with Crippen LogP contribution in [-0.2, 0) is 4.74 Å². The fourth-order valence-corrected chi connectivity index (χ4v) is 2.22. The SMILES string of the molecule is COCC(C(C)C)n1nnnc1-c1cccc(Cl)c1N. The van der Waals surface area contributed by atoms with Crippen molar-refractivity contribution in [3.8, 4) is 11.4 Å². The highest BCUT2D eigenvalue weighted by Crippen LogP contribution is 2.31. The molecule has 0 spiro atoms. The molecule has 1 atom stereocenters. The molecular formula is C13H18ClN5O. The van der Waals surface area contributed by atoms with E-state index in [0.717, 1.165) is 5.56 Å². The number of aromatic nitrogens is 4. The second-order valence-corrected chi connectivity index (χ2v) is 5.32. The quantitative estimate of drug-likeness (QED) is 0.857. The van der Waals surface area contributed by atoms with Crippen LogP contribution in [0, 0.1) is 5.92 Å². The Balaban J connectivity index is 2.49. The van der Waals surface area contributed by atoms with E-state index < -0.39 is 0 Å². The van der Waals surface area contributed by atoms with Crippen LogP contribution in [0.3, 0.4) is 0 Å². The summed E-state index contributed by atoms with van der Waals surface area (Å²) in [5, 5.41) is 12.4. The normalized spacial score (nSPS) is 12.8. The summed E-state index contributed by atoms with van der Waals surface area (Å²) >= 11 is 6.06. The van der Waals surface area contributed by atoms with E-state index in [4.69, 9.17) is 22.1 Å². The molecule has 0 bridgehead atoms. The van der Waals surface area contributed by atoms with Gasteiger partial charge in [-0.3, -0.25) is 0 Å². The lowest BCUT2D eigenvalue weighted by atomic mass is 10.0. The van der Waals surface area contributed by atoms with Crippen molar-refractivity contribution in [1.29, 1.82) is 0 Å². The molecule has 20 heavy (non-hydrogen) atoms. The molecule has 1 heterocycles. The van der Waals surface area contributed by atoms with Crippen LogP contribution in [0.2, 0.25) is 5.02 Å². The van der Waals surface area contributed by atoms with Crippen molar-refractivity contribution in [2.45, 2.75) is 19.9 Å². The van der Waals surface area contributed by atoms with Gasteiger partial charge in [0.1, 0.15) is 0 Å². The van der Waals surface area contributed by atoms with E-state index in [9.17, 15) is 0 Å². The van der Waals surface area contributed by atoms with Crippen molar-refractivity contribution in [3.05, 3.63) is 23.2 Å². The maximum atomic E-state index is 6.06. The van der Waals surface area contributed by atoms with Crippen LogP contribution in [0.15, 0.2) is 18.2 Å². The number of anilines is 1. The zero-order chi connectivity index (χ0) is 14.7. The topological polar surface area (TPSA) is 78.8 Å². The molecule has 6 nitrogen and oxygen atoms in total. The van der Waals surface area contributed by atoms with E-state index in [1.54, 1.807) is 17.9 Å². The van der Waals surface area contributed by atoms with Crippen LogP contribution in [0.25, 0.3) is 11.4 Å². The second-order valence-electron chi connectivity index (χ2n) is 4.91. The molecule has 0 saturated heterocycles. The zero-order valence-electron chi connectivity index (χ0n) is 11.7. The number of hydrogen-bond acceptors (Lipinski definition) is 5. The van der Waals surface area contributed by atoms with Crippen molar-refractivity contribution in [2.75, 3.05) is 19.5 Å². The number of methoxy groups -OCH3 is 1. The fraction of sp³-hybridized carbons (Fsp3) is 0.462. The van der Waals surface area contributed by atoms with Crippen molar-refractivity contribution in [1.82, 2.24) is 20.2 Å². The number of ether oxygens (including phenoxy) is 1. The number of halogens is 1. The van der Waals surface area contributed by atoms with Gasteiger partial charge in [-0.05, 0) is 28.5 Å². The van der Waals surface area contributed by atoms with E-state index in [2.05, 4.69) is 29.4 Å². The maximum Gasteiger partial charge on any atom is 0.184 e. The van der Waals surface area contributed by atoms with Gasteiger partial charge in [0.2, 0.25) is 0 Å².